The molecule has 5 heteroatoms. The third kappa shape index (κ3) is 1.97. The third-order valence-electron chi connectivity index (χ3n) is 2.65. The van der Waals surface area contributed by atoms with Crippen LogP contribution in [0.5, 0.6) is 0 Å². The fraction of sp³-hybridized carbons (Fsp3) is 0.0769. The lowest BCUT2D eigenvalue weighted by Crippen LogP contribution is -2.15. The minimum Gasteiger partial charge on any atom is -0.406 e. The second kappa shape index (κ2) is 4.42. The van der Waals surface area contributed by atoms with E-state index in [9.17, 15) is 4.79 Å². The Morgan fingerprint density at radius 2 is 2.17 bits per heavy atom. The van der Waals surface area contributed by atoms with Crippen molar-refractivity contribution in [2.75, 3.05) is 0 Å². The zero-order valence-electron chi connectivity index (χ0n) is 9.34. The molecule has 2 aromatic heterocycles. The van der Waals surface area contributed by atoms with Crippen LogP contribution in [0.4, 0.5) is 0 Å². The van der Waals surface area contributed by atoms with Crippen LogP contribution in [0.1, 0.15) is 5.56 Å². The summed E-state index contributed by atoms with van der Waals surface area (Å²) in [7, 11) is 0. The maximum absolute atomic E-state index is 11.8. The van der Waals surface area contributed by atoms with Gasteiger partial charge in [-0.15, -0.1) is 0 Å². The van der Waals surface area contributed by atoms with E-state index in [0.29, 0.717) is 17.8 Å². The van der Waals surface area contributed by atoms with Crippen LogP contribution in [0.3, 0.4) is 0 Å². The van der Waals surface area contributed by atoms with Crippen molar-refractivity contribution >= 4 is 27.2 Å². The summed E-state index contributed by atoms with van der Waals surface area (Å²) in [6, 6.07) is 11.3. The number of oxazole rings is 1. The Balaban J connectivity index is 2.10. The Kier molecular flexibility index (Phi) is 2.76. The molecule has 90 valence electrons. The Morgan fingerprint density at radius 1 is 1.28 bits per heavy atom. The predicted molar refractivity (Wildman–Crippen MR) is 71.5 cm³/mol. The maximum atomic E-state index is 11.8. The van der Waals surface area contributed by atoms with E-state index in [1.165, 1.54) is 4.57 Å². The summed E-state index contributed by atoms with van der Waals surface area (Å²) in [5.74, 6) is -0.385. The lowest BCUT2D eigenvalue weighted by molar-refractivity contribution is 0.517. The molecule has 18 heavy (non-hydrogen) atoms. The maximum Gasteiger partial charge on any atom is 0.421 e. The third-order valence-corrected chi connectivity index (χ3v) is 3.15. The molecule has 0 aliphatic rings. The zero-order chi connectivity index (χ0) is 12.5. The summed E-state index contributed by atoms with van der Waals surface area (Å²) in [6.45, 7) is 0.447. The summed E-state index contributed by atoms with van der Waals surface area (Å²) in [5, 5.41) is 0. The van der Waals surface area contributed by atoms with Gasteiger partial charge >= 0.3 is 5.76 Å². The van der Waals surface area contributed by atoms with Gasteiger partial charge < -0.3 is 4.42 Å². The van der Waals surface area contributed by atoms with Crippen molar-refractivity contribution in [2.24, 2.45) is 0 Å². The number of hydrogen-bond donors (Lipinski definition) is 0. The molecule has 0 amide bonds. The molecule has 0 radical (unpaired) electrons. The lowest BCUT2D eigenvalue weighted by atomic mass is 10.2. The van der Waals surface area contributed by atoms with Crippen LogP contribution in [0.2, 0.25) is 0 Å². The van der Waals surface area contributed by atoms with Gasteiger partial charge in [0.25, 0.3) is 0 Å². The lowest BCUT2D eigenvalue weighted by Gasteiger charge is -2.02. The number of rotatable bonds is 2. The van der Waals surface area contributed by atoms with Gasteiger partial charge in [-0.3, -0.25) is 4.57 Å². The van der Waals surface area contributed by atoms with Gasteiger partial charge in [0.1, 0.15) is 0 Å². The van der Waals surface area contributed by atoms with E-state index in [1.54, 1.807) is 18.3 Å². The number of fused-ring (bicyclic) bond motifs is 1. The first-order valence-corrected chi connectivity index (χ1v) is 6.22. The molecular weight excluding hydrogens is 296 g/mol. The molecule has 4 nitrogen and oxygen atoms in total. The summed E-state index contributed by atoms with van der Waals surface area (Å²) < 4.78 is 7.64. The molecule has 0 saturated carbocycles. The highest BCUT2D eigenvalue weighted by molar-refractivity contribution is 9.10. The molecule has 0 fully saturated rings. The van der Waals surface area contributed by atoms with Crippen molar-refractivity contribution in [1.29, 1.82) is 0 Å². The fourth-order valence-corrected chi connectivity index (χ4v) is 2.30. The highest BCUT2D eigenvalue weighted by Crippen LogP contribution is 2.14. The summed E-state index contributed by atoms with van der Waals surface area (Å²) in [5.41, 5.74) is 2.10. The van der Waals surface area contributed by atoms with E-state index >= 15 is 0 Å². The number of benzene rings is 1. The molecule has 1 aromatic carbocycles. The predicted octanol–water partition coefficient (Wildman–Crippen LogP) is 2.80. The van der Waals surface area contributed by atoms with Gasteiger partial charge in [0, 0.05) is 10.7 Å². The Morgan fingerprint density at radius 3 is 3.00 bits per heavy atom. The number of pyridine rings is 1. The molecule has 0 N–H and O–H groups in total. The Hall–Kier alpha value is -1.88. The van der Waals surface area contributed by atoms with Crippen LogP contribution in [-0.4, -0.2) is 9.55 Å². The van der Waals surface area contributed by atoms with Gasteiger partial charge in [0.15, 0.2) is 11.2 Å². The van der Waals surface area contributed by atoms with Crippen LogP contribution >= 0.6 is 15.9 Å². The summed E-state index contributed by atoms with van der Waals surface area (Å²) in [6.07, 6.45) is 1.65. The summed E-state index contributed by atoms with van der Waals surface area (Å²) >= 11 is 3.41. The van der Waals surface area contributed by atoms with Crippen LogP contribution < -0.4 is 5.76 Å². The van der Waals surface area contributed by atoms with E-state index in [4.69, 9.17) is 4.42 Å². The molecule has 2 heterocycles. The first kappa shape index (κ1) is 11.2. The van der Waals surface area contributed by atoms with E-state index < -0.39 is 0 Å². The number of nitrogens with zero attached hydrogens (tertiary/aromatic N) is 2. The number of hydrogen-bond acceptors (Lipinski definition) is 3. The smallest absolute Gasteiger partial charge is 0.406 e. The van der Waals surface area contributed by atoms with E-state index in [2.05, 4.69) is 20.9 Å². The fourth-order valence-electron chi connectivity index (χ4n) is 1.86. The normalized spacial score (nSPS) is 10.9. The number of halogens is 1. The first-order valence-electron chi connectivity index (χ1n) is 5.43. The molecular formula is C13H9BrN2O2. The van der Waals surface area contributed by atoms with Crippen molar-refractivity contribution in [3.63, 3.8) is 0 Å². The molecule has 3 aromatic rings. The summed E-state index contributed by atoms with van der Waals surface area (Å²) in [4.78, 5) is 16.0. The van der Waals surface area contributed by atoms with Gasteiger partial charge in [-0.1, -0.05) is 28.1 Å². The highest BCUT2D eigenvalue weighted by Gasteiger charge is 2.10. The van der Waals surface area contributed by atoms with Crippen LogP contribution in [-0.2, 0) is 6.54 Å². The van der Waals surface area contributed by atoms with Gasteiger partial charge in [-0.05, 0) is 29.8 Å². The molecule has 0 aliphatic heterocycles. The van der Waals surface area contributed by atoms with Gasteiger partial charge in [0.05, 0.1) is 6.54 Å². The topological polar surface area (TPSA) is 48.0 Å². The molecule has 3 rings (SSSR count). The van der Waals surface area contributed by atoms with Crippen molar-refractivity contribution in [2.45, 2.75) is 6.54 Å². The SMILES string of the molecule is O=c1oc2cccnc2n1Cc1cccc(Br)c1. The monoisotopic (exact) mass is 304 g/mol. The largest absolute Gasteiger partial charge is 0.421 e. The Labute approximate surface area is 111 Å². The zero-order valence-corrected chi connectivity index (χ0v) is 10.9. The molecule has 0 saturated heterocycles. The minimum absolute atomic E-state index is 0.385. The van der Waals surface area contributed by atoms with E-state index in [0.717, 1.165) is 10.0 Å². The molecule has 0 spiro atoms. The quantitative estimate of drug-likeness (QED) is 0.731. The molecule has 0 aliphatic carbocycles. The Bertz CT molecular complexity index is 761. The number of aromatic nitrogens is 2. The average Bonchev–Trinajstić information content (AvgIpc) is 2.66. The van der Waals surface area contributed by atoms with E-state index in [1.807, 2.05) is 24.3 Å². The second-order valence-corrected chi connectivity index (χ2v) is 4.82. The van der Waals surface area contributed by atoms with Gasteiger partial charge in [-0.2, -0.15) is 0 Å². The molecule has 0 unspecified atom stereocenters. The van der Waals surface area contributed by atoms with E-state index in [-0.39, 0.29) is 5.76 Å². The van der Waals surface area contributed by atoms with Crippen molar-refractivity contribution in [3.8, 4) is 0 Å². The van der Waals surface area contributed by atoms with Crippen molar-refractivity contribution in [1.82, 2.24) is 9.55 Å². The van der Waals surface area contributed by atoms with Crippen molar-refractivity contribution < 1.29 is 4.42 Å². The molecule has 0 bridgehead atoms. The van der Waals surface area contributed by atoms with Crippen LogP contribution in [0.25, 0.3) is 11.2 Å². The van der Waals surface area contributed by atoms with Gasteiger partial charge in [-0.25, -0.2) is 9.78 Å². The van der Waals surface area contributed by atoms with Crippen molar-refractivity contribution in [3.05, 3.63) is 63.2 Å². The first-order chi connectivity index (χ1) is 8.74. The van der Waals surface area contributed by atoms with Gasteiger partial charge in [0.2, 0.25) is 0 Å². The minimum atomic E-state index is -0.385. The second-order valence-electron chi connectivity index (χ2n) is 3.91. The highest BCUT2D eigenvalue weighted by atomic mass is 79.9. The van der Waals surface area contributed by atoms with Crippen LogP contribution in [0.15, 0.2) is 56.3 Å². The van der Waals surface area contributed by atoms with Crippen LogP contribution in [0, 0.1) is 0 Å². The standard InChI is InChI=1S/C13H9BrN2O2/c14-10-4-1-3-9(7-10)8-16-12-11(18-13(16)17)5-2-6-15-12/h1-7H,8H2. The molecule has 0 atom stereocenters. The average molecular weight is 305 g/mol.